The van der Waals surface area contributed by atoms with Crippen LogP contribution in [0.3, 0.4) is 0 Å². The number of rotatable bonds is 3. The highest BCUT2D eigenvalue weighted by Gasteiger charge is 2.31. The summed E-state index contributed by atoms with van der Waals surface area (Å²) in [6.07, 6.45) is -4.75. The first-order valence-corrected chi connectivity index (χ1v) is 10.0. The van der Waals surface area contributed by atoms with Crippen LogP contribution < -0.4 is 15.5 Å². The summed E-state index contributed by atoms with van der Waals surface area (Å²) < 4.78 is 56.4. The third-order valence-electron chi connectivity index (χ3n) is 5.55. The Bertz CT molecular complexity index is 1410. The van der Waals surface area contributed by atoms with Gasteiger partial charge >= 0.3 is 6.36 Å². The van der Waals surface area contributed by atoms with E-state index < -0.39 is 12.2 Å². The van der Waals surface area contributed by atoms with Gasteiger partial charge in [0.25, 0.3) is 0 Å². The largest absolute Gasteiger partial charge is 0.573 e. The number of H-pyrrole nitrogens is 1. The van der Waals surface area contributed by atoms with Crippen LogP contribution in [-0.2, 0) is 13.1 Å². The molecule has 0 radical (unpaired) electrons. The van der Waals surface area contributed by atoms with Crippen molar-refractivity contribution in [3.63, 3.8) is 0 Å². The quantitative estimate of drug-likeness (QED) is 0.453. The predicted molar refractivity (Wildman–Crippen MR) is 111 cm³/mol. The molecule has 4 aromatic rings. The molecule has 5 rings (SSSR count). The first-order chi connectivity index (χ1) is 15.7. The number of fused-ring (bicyclic) bond motifs is 2. The van der Waals surface area contributed by atoms with Crippen molar-refractivity contribution in [1.82, 2.24) is 25.1 Å². The summed E-state index contributed by atoms with van der Waals surface area (Å²) in [6, 6.07) is 9.34. The Morgan fingerprint density at radius 1 is 1.15 bits per heavy atom. The fraction of sp³-hybridized carbons (Fsp3) is 0.227. The number of alkyl halides is 3. The highest BCUT2D eigenvalue weighted by atomic mass is 19.4. The van der Waals surface area contributed by atoms with E-state index in [1.165, 1.54) is 30.3 Å². The molecule has 0 bridgehead atoms. The smallest absolute Gasteiger partial charge is 0.406 e. The van der Waals surface area contributed by atoms with Crippen LogP contribution in [0.1, 0.15) is 23.0 Å². The molecule has 0 amide bonds. The zero-order chi connectivity index (χ0) is 23.3. The van der Waals surface area contributed by atoms with Gasteiger partial charge in [0, 0.05) is 10.9 Å². The van der Waals surface area contributed by atoms with Crippen molar-refractivity contribution >= 4 is 10.9 Å². The van der Waals surface area contributed by atoms with E-state index in [2.05, 4.69) is 25.1 Å². The molecule has 0 saturated carbocycles. The van der Waals surface area contributed by atoms with Crippen LogP contribution in [0.25, 0.3) is 22.4 Å². The third-order valence-corrected chi connectivity index (χ3v) is 5.55. The minimum atomic E-state index is -4.75. The maximum atomic E-state index is 13.7. The van der Waals surface area contributed by atoms with Gasteiger partial charge in [-0.05, 0) is 42.8 Å². The Morgan fingerprint density at radius 2 is 1.91 bits per heavy atom. The molecule has 2 aromatic heterocycles. The van der Waals surface area contributed by atoms with Crippen LogP contribution in [0, 0.1) is 12.7 Å². The lowest BCUT2D eigenvalue weighted by molar-refractivity contribution is -0.274. The standard InChI is InChI=1S/C22H17F4N5O2/c1-11-19(28-16-8-13(23)4-7-15(16)20(11)32)21-29-18-9-27-17(10-31(18)30-21)12-2-5-14(6-3-12)33-22(24,25)26/h2-8,17,27H,9-10H2,1H3,(H,28,32). The van der Waals surface area contributed by atoms with Crippen molar-refractivity contribution in [2.24, 2.45) is 0 Å². The second-order valence-electron chi connectivity index (χ2n) is 7.73. The Labute approximate surface area is 184 Å². The molecule has 1 aliphatic rings. The highest BCUT2D eigenvalue weighted by Crippen LogP contribution is 2.27. The number of hydrogen-bond donors (Lipinski definition) is 2. The lowest BCUT2D eigenvalue weighted by Crippen LogP contribution is -2.32. The van der Waals surface area contributed by atoms with E-state index in [1.54, 1.807) is 23.7 Å². The number of hydrogen-bond acceptors (Lipinski definition) is 5. The van der Waals surface area contributed by atoms with Crippen molar-refractivity contribution in [3.8, 4) is 17.3 Å². The molecule has 0 aliphatic carbocycles. The van der Waals surface area contributed by atoms with Crippen molar-refractivity contribution in [3.05, 3.63) is 75.5 Å². The normalized spacial score (nSPS) is 16.1. The Balaban J connectivity index is 1.43. The van der Waals surface area contributed by atoms with Crippen molar-refractivity contribution in [1.29, 1.82) is 0 Å². The van der Waals surface area contributed by atoms with E-state index in [0.717, 1.165) is 5.56 Å². The first kappa shape index (κ1) is 21.1. The Morgan fingerprint density at radius 3 is 2.64 bits per heavy atom. The summed E-state index contributed by atoms with van der Waals surface area (Å²) in [6.45, 7) is 2.40. The molecule has 3 heterocycles. The van der Waals surface area contributed by atoms with Gasteiger partial charge in [-0.3, -0.25) is 4.79 Å². The number of aromatic nitrogens is 4. The van der Waals surface area contributed by atoms with E-state index in [0.29, 0.717) is 46.9 Å². The zero-order valence-electron chi connectivity index (χ0n) is 17.2. The summed E-state index contributed by atoms with van der Waals surface area (Å²) in [5, 5.41) is 8.18. The van der Waals surface area contributed by atoms with Gasteiger partial charge in [-0.2, -0.15) is 0 Å². The predicted octanol–water partition coefficient (Wildman–Crippen LogP) is 3.98. The number of nitrogens with one attached hydrogen (secondary N) is 2. The van der Waals surface area contributed by atoms with E-state index in [1.807, 2.05) is 0 Å². The molecule has 2 N–H and O–H groups in total. The van der Waals surface area contributed by atoms with Crippen LogP contribution in [-0.4, -0.2) is 26.1 Å². The van der Waals surface area contributed by atoms with Gasteiger partial charge in [0.05, 0.1) is 30.3 Å². The Kier molecular flexibility index (Phi) is 4.93. The Hall–Kier alpha value is -3.73. The molecule has 1 atom stereocenters. The molecule has 0 spiro atoms. The summed E-state index contributed by atoms with van der Waals surface area (Å²) in [7, 11) is 0. The molecule has 0 saturated heterocycles. The van der Waals surface area contributed by atoms with Gasteiger partial charge in [0.2, 0.25) is 0 Å². The molecule has 0 fully saturated rings. The number of pyridine rings is 1. The molecule has 2 aromatic carbocycles. The van der Waals surface area contributed by atoms with Gasteiger partial charge in [-0.15, -0.1) is 18.3 Å². The first-order valence-electron chi connectivity index (χ1n) is 10.0. The molecule has 1 unspecified atom stereocenters. The van der Waals surface area contributed by atoms with Crippen LogP contribution in [0.5, 0.6) is 5.75 Å². The zero-order valence-corrected chi connectivity index (χ0v) is 17.2. The molecule has 33 heavy (non-hydrogen) atoms. The monoisotopic (exact) mass is 459 g/mol. The van der Waals surface area contributed by atoms with Crippen LogP contribution >= 0.6 is 0 Å². The van der Waals surface area contributed by atoms with E-state index in [4.69, 9.17) is 0 Å². The van der Waals surface area contributed by atoms with E-state index >= 15 is 0 Å². The van der Waals surface area contributed by atoms with Crippen LogP contribution in [0.2, 0.25) is 0 Å². The summed E-state index contributed by atoms with van der Waals surface area (Å²) in [5.74, 6) is 0.182. The average molecular weight is 459 g/mol. The number of nitrogens with zero attached hydrogens (tertiary/aromatic N) is 3. The average Bonchev–Trinajstić information content (AvgIpc) is 3.18. The minimum Gasteiger partial charge on any atom is -0.406 e. The van der Waals surface area contributed by atoms with Crippen LogP contribution in [0.15, 0.2) is 47.3 Å². The lowest BCUT2D eigenvalue weighted by Gasteiger charge is -2.24. The van der Waals surface area contributed by atoms with Gasteiger partial charge in [-0.1, -0.05) is 12.1 Å². The number of ether oxygens (including phenoxy) is 1. The molecular formula is C22H17F4N5O2. The number of benzene rings is 2. The molecule has 7 nitrogen and oxygen atoms in total. The molecular weight excluding hydrogens is 442 g/mol. The topological polar surface area (TPSA) is 84.8 Å². The fourth-order valence-corrected chi connectivity index (χ4v) is 3.92. The maximum absolute atomic E-state index is 13.7. The second-order valence-corrected chi connectivity index (χ2v) is 7.73. The van der Waals surface area contributed by atoms with Crippen LogP contribution in [0.4, 0.5) is 17.6 Å². The summed E-state index contributed by atoms with van der Waals surface area (Å²) in [4.78, 5) is 20.3. The van der Waals surface area contributed by atoms with Gasteiger partial charge in [-0.25, -0.2) is 14.1 Å². The molecule has 11 heteroatoms. The van der Waals surface area contributed by atoms with E-state index in [-0.39, 0.29) is 17.2 Å². The van der Waals surface area contributed by atoms with Gasteiger partial charge < -0.3 is 15.0 Å². The fourth-order valence-electron chi connectivity index (χ4n) is 3.92. The van der Waals surface area contributed by atoms with Crippen molar-refractivity contribution in [2.75, 3.05) is 0 Å². The number of aromatic amines is 1. The molecule has 170 valence electrons. The SMILES string of the molecule is Cc1c(-c2nc3n(n2)CC(c2ccc(OC(F)(F)F)cc2)NC3)[nH]c2cc(F)ccc2c1=O. The van der Waals surface area contributed by atoms with Crippen molar-refractivity contribution < 1.29 is 22.3 Å². The van der Waals surface area contributed by atoms with E-state index in [9.17, 15) is 22.4 Å². The van der Waals surface area contributed by atoms with Gasteiger partial charge in [0.15, 0.2) is 11.3 Å². The third kappa shape index (κ3) is 4.07. The summed E-state index contributed by atoms with van der Waals surface area (Å²) >= 11 is 0. The minimum absolute atomic E-state index is 0.210. The highest BCUT2D eigenvalue weighted by molar-refractivity contribution is 5.82. The number of halogens is 4. The summed E-state index contributed by atoms with van der Waals surface area (Å²) in [5.41, 5.74) is 1.71. The maximum Gasteiger partial charge on any atom is 0.573 e. The van der Waals surface area contributed by atoms with Crippen molar-refractivity contribution in [2.45, 2.75) is 32.4 Å². The molecule has 1 aliphatic heterocycles. The second kappa shape index (κ2) is 7.69. The lowest BCUT2D eigenvalue weighted by atomic mass is 10.1. The van der Waals surface area contributed by atoms with Gasteiger partial charge in [0.1, 0.15) is 17.4 Å².